The quantitative estimate of drug-likeness (QED) is 0.864. The Hall–Kier alpha value is -0.340. The minimum Gasteiger partial charge on any atom is -0.327 e. The molecule has 0 radical (unpaired) electrons. The SMILES string of the molecule is CCc1ccc(CC(N)C2C(C)(C)C2(C)C)s1. The molecule has 1 aromatic heterocycles. The molecule has 0 saturated heterocycles. The minimum absolute atomic E-state index is 0.309. The van der Waals surface area contributed by atoms with Gasteiger partial charge in [-0.2, -0.15) is 0 Å². The molecule has 0 spiro atoms. The predicted molar refractivity (Wildman–Crippen MR) is 76.4 cm³/mol. The van der Waals surface area contributed by atoms with Crippen LogP contribution in [0.4, 0.5) is 0 Å². The first-order valence-corrected chi connectivity index (χ1v) is 7.45. The lowest BCUT2D eigenvalue weighted by molar-refractivity contribution is 0.457. The van der Waals surface area contributed by atoms with E-state index in [0.29, 0.717) is 22.8 Å². The zero-order valence-electron chi connectivity index (χ0n) is 11.7. The highest BCUT2D eigenvalue weighted by atomic mass is 32.1. The maximum absolute atomic E-state index is 6.42. The van der Waals surface area contributed by atoms with Crippen LogP contribution in [0.3, 0.4) is 0 Å². The molecule has 1 saturated carbocycles. The lowest BCUT2D eigenvalue weighted by Gasteiger charge is -2.12. The lowest BCUT2D eigenvalue weighted by Crippen LogP contribution is -2.28. The molecule has 1 aliphatic rings. The van der Waals surface area contributed by atoms with Gasteiger partial charge in [0.25, 0.3) is 0 Å². The summed E-state index contributed by atoms with van der Waals surface area (Å²) >= 11 is 1.93. The Morgan fingerprint density at radius 3 is 2.12 bits per heavy atom. The average Bonchev–Trinajstić information content (AvgIpc) is 2.57. The van der Waals surface area contributed by atoms with Gasteiger partial charge in [0.1, 0.15) is 0 Å². The molecule has 0 bridgehead atoms. The van der Waals surface area contributed by atoms with E-state index in [1.165, 1.54) is 9.75 Å². The van der Waals surface area contributed by atoms with Gasteiger partial charge in [-0.05, 0) is 41.7 Å². The van der Waals surface area contributed by atoms with Crippen molar-refractivity contribution in [3.8, 4) is 0 Å². The second kappa shape index (κ2) is 4.10. The minimum atomic E-state index is 0.309. The van der Waals surface area contributed by atoms with Crippen molar-refractivity contribution in [1.82, 2.24) is 0 Å². The van der Waals surface area contributed by atoms with Crippen LogP contribution >= 0.6 is 11.3 Å². The molecule has 1 aliphatic carbocycles. The van der Waals surface area contributed by atoms with E-state index in [-0.39, 0.29) is 0 Å². The molecule has 1 heterocycles. The number of thiophene rings is 1. The van der Waals surface area contributed by atoms with Crippen molar-refractivity contribution in [1.29, 1.82) is 0 Å². The number of hydrogen-bond donors (Lipinski definition) is 1. The Morgan fingerprint density at radius 2 is 1.71 bits per heavy atom. The lowest BCUT2D eigenvalue weighted by atomic mass is 10.0. The zero-order chi connectivity index (χ0) is 12.8. The van der Waals surface area contributed by atoms with Gasteiger partial charge in [-0.1, -0.05) is 34.6 Å². The summed E-state index contributed by atoms with van der Waals surface area (Å²) < 4.78 is 0. The Morgan fingerprint density at radius 1 is 1.18 bits per heavy atom. The van der Waals surface area contributed by atoms with Gasteiger partial charge in [-0.25, -0.2) is 0 Å². The summed E-state index contributed by atoms with van der Waals surface area (Å²) in [6.45, 7) is 11.6. The van der Waals surface area contributed by atoms with Gasteiger partial charge in [0.2, 0.25) is 0 Å². The van der Waals surface area contributed by atoms with Crippen molar-refractivity contribution in [2.75, 3.05) is 0 Å². The fourth-order valence-corrected chi connectivity index (χ4v) is 4.42. The van der Waals surface area contributed by atoms with Crippen molar-refractivity contribution in [2.45, 2.75) is 53.5 Å². The monoisotopic (exact) mass is 251 g/mol. The van der Waals surface area contributed by atoms with E-state index in [1.807, 2.05) is 11.3 Å². The van der Waals surface area contributed by atoms with Crippen molar-refractivity contribution in [3.05, 3.63) is 21.9 Å². The molecule has 17 heavy (non-hydrogen) atoms. The molecule has 2 N–H and O–H groups in total. The molecular weight excluding hydrogens is 226 g/mol. The van der Waals surface area contributed by atoms with Gasteiger partial charge in [-0.15, -0.1) is 11.3 Å². The van der Waals surface area contributed by atoms with Gasteiger partial charge in [0.05, 0.1) is 0 Å². The second-order valence-electron chi connectivity index (χ2n) is 6.51. The normalized spacial score (nSPS) is 23.6. The third-order valence-electron chi connectivity index (χ3n) is 5.06. The first-order valence-electron chi connectivity index (χ1n) is 6.64. The number of nitrogens with two attached hydrogens (primary N) is 1. The maximum atomic E-state index is 6.42. The molecule has 1 nitrogen and oxygen atoms in total. The van der Waals surface area contributed by atoms with Crippen LogP contribution in [0, 0.1) is 16.7 Å². The maximum Gasteiger partial charge on any atom is 0.0126 e. The Kier molecular flexibility index (Phi) is 3.16. The van der Waals surface area contributed by atoms with Crippen LogP contribution in [-0.4, -0.2) is 6.04 Å². The van der Waals surface area contributed by atoms with Crippen LogP contribution in [-0.2, 0) is 12.8 Å². The smallest absolute Gasteiger partial charge is 0.0126 e. The van der Waals surface area contributed by atoms with Crippen molar-refractivity contribution >= 4 is 11.3 Å². The van der Waals surface area contributed by atoms with Crippen LogP contribution in [0.15, 0.2) is 12.1 Å². The highest BCUT2D eigenvalue weighted by molar-refractivity contribution is 7.11. The van der Waals surface area contributed by atoms with Crippen LogP contribution in [0.1, 0.15) is 44.4 Å². The van der Waals surface area contributed by atoms with Crippen molar-refractivity contribution in [2.24, 2.45) is 22.5 Å². The van der Waals surface area contributed by atoms with E-state index in [4.69, 9.17) is 5.73 Å². The first-order chi connectivity index (χ1) is 7.80. The number of hydrogen-bond acceptors (Lipinski definition) is 2. The highest BCUT2D eigenvalue weighted by Gasteiger charge is 2.66. The molecular formula is C15H25NS. The fraction of sp³-hybridized carbons (Fsp3) is 0.733. The number of rotatable bonds is 4. The van der Waals surface area contributed by atoms with Crippen LogP contribution in [0.2, 0.25) is 0 Å². The summed E-state index contributed by atoms with van der Waals surface area (Å²) in [5.74, 6) is 0.655. The van der Waals surface area contributed by atoms with E-state index in [0.717, 1.165) is 12.8 Å². The van der Waals surface area contributed by atoms with E-state index in [1.54, 1.807) is 0 Å². The molecule has 0 aromatic carbocycles. The standard InChI is InChI=1S/C15H25NS/c1-6-10-7-8-11(17-10)9-12(16)13-14(2,3)15(13,4)5/h7-8,12-13H,6,9,16H2,1-5H3. The van der Waals surface area contributed by atoms with E-state index >= 15 is 0 Å². The topological polar surface area (TPSA) is 26.0 Å². The van der Waals surface area contributed by atoms with Crippen LogP contribution in [0.5, 0.6) is 0 Å². The van der Waals surface area contributed by atoms with Crippen molar-refractivity contribution < 1.29 is 0 Å². The zero-order valence-corrected chi connectivity index (χ0v) is 12.5. The van der Waals surface area contributed by atoms with E-state index < -0.39 is 0 Å². The van der Waals surface area contributed by atoms with Crippen LogP contribution in [0.25, 0.3) is 0 Å². The third kappa shape index (κ3) is 2.06. The molecule has 96 valence electrons. The number of aryl methyl sites for hydroxylation is 1. The largest absolute Gasteiger partial charge is 0.327 e. The van der Waals surface area contributed by atoms with E-state index in [9.17, 15) is 0 Å². The Labute approximate surface area is 109 Å². The summed E-state index contributed by atoms with van der Waals surface area (Å²) in [5.41, 5.74) is 7.22. The Balaban J connectivity index is 2.01. The third-order valence-corrected chi connectivity index (χ3v) is 6.32. The summed E-state index contributed by atoms with van der Waals surface area (Å²) in [7, 11) is 0. The van der Waals surface area contributed by atoms with Gasteiger partial charge in [0, 0.05) is 15.8 Å². The second-order valence-corrected chi connectivity index (χ2v) is 7.76. The molecule has 2 heteroatoms. The summed E-state index contributed by atoms with van der Waals surface area (Å²) in [5, 5.41) is 0. The van der Waals surface area contributed by atoms with Gasteiger partial charge in [-0.3, -0.25) is 0 Å². The summed E-state index contributed by atoms with van der Waals surface area (Å²) in [4.78, 5) is 2.93. The van der Waals surface area contributed by atoms with Crippen LogP contribution < -0.4 is 5.73 Å². The van der Waals surface area contributed by atoms with Gasteiger partial charge < -0.3 is 5.73 Å². The average molecular weight is 251 g/mol. The van der Waals surface area contributed by atoms with Gasteiger partial charge >= 0.3 is 0 Å². The van der Waals surface area contributed by atoms with E-state index in [2.05, 4.69) is 46.8 Å². The molecule has 1 fully saturated rings. The molecule has 2 rings (SSSR count). The molecule has 0 amide bonds. The highest BCUT2D eigenvalue weighted by Crippen LogP contribution is 2.69. The predicted octanol–water partition coefficient (Wildman–Crippen LogP) is 3.86. The summed E-state index contributed by atoms with van der Waals surface area (Å²) in [6.07, 6.45) is 2.18. The van der Waals surface area contributed by atoms with Gasteiger partial charge in [0.15, 0.2) is 0 Å². The van der Waals surface area contributed by atoms with Crippen molar-refractivity contribution in [3.63, 3.8) is 0 Å². The Bertz CT molecular complexity index is 389. The molecule has 1 atom stereocenters. The first kappa shape index (κ1) is 13.1. The molecule has 1 unspecified atom stereocenters. The molecule has 1 aromatic rings. The molecule has 0 aliphatic heterocycles. The summed E-state index contributed by atoms with van der Waals surface area (Å²) in [6, 6.07) is 4.81. The fourth-order valence-electron chi connectivity index (χ4n) is 3.39.